The van der Waals surface area contributed by atoms with Gasteiger partial charge in [0.25, 0.3) is 0 Å². The number of ether oxygens (including phenoxy) is 1. The average Bonchev–Trinajstić information content (AvgIpc) is 2.87. The number of nitrogens with one attached hydrogen (secondary N) is 1. The second-order valence-electron chi connectivity index (χ2n) is 5.00. The number of carboxylic acids is 1. The molecule has 5 heteroatoms. The largest absolute Gasteiger partial charge is 0.481 e. The minimum atomic E-state index is -0.915. The Morgan fingerprint density at radius 3 is 2.47 bits per heavy atom. The number of aliphatic carboxylic acids is 1. The van der Waals surface area contributed by atoms with Gasteiger partial charge in [0.1, 0.15) is 0 Å². The molecule has 0 saturated carbocycles. The molecule has 2 aliphatic heterocycles. The van der Waals surface area contributed by atoms with E-state index in [2.05, 4.69) is 5.32 Å². The van der Waals surface area contributed by atoms with Gasteiger partial charge >= 0.3 is 5.97 Å². The van der Waals surface area contributed by atoms with Crippen LogP contribution in [0, 0.1) is 11.8 Å². The first kappa shape index (κ1) is 12.4. The van der Waals surface area contributed by atoms with Crippen molar-refractivity contribution in [2.75, 3.05) is 0 Å². The zero-order valence-electron chi connectivity index (χ0n) is 10.2. The normalized spacial score (nSPS) is 36.8. The molecule has 0 spiro atoms. The Hall–Kier alpha value is -1.10. The zero-order chi connectivity index (χ0) is 12.6. The number of amides is 1. The highest BCUT2D eigenvalue weighted by Crippen LogP contribution is 2.43. The maximum Gasteiger partial charge on any atom is 0.310 e. The first-order valence-corrected chi connectivity index (χ1v) is 6.23. The summed E-state index contributed by atoms with van der Waals surface area (Å²) in [4.78, 5) is 23.3. The number of carboxylic acid groups (broad SMARTS) is 1. The molecule has 1 amide bonds. The summed E-state index contributed by atoms with van der Waals surface area (Å²) in [6, 6.07) is 0.0797. The van der Waals surface area contributed by atoms with Crippen molar-refractivity contribution in [2.45, 2.75) is 51.4 Å². The van der Waals surface area contributed by atoms with Crippen molar-refractivity contribution in [1.82, 2.24) is 5.32 Å². The highest BCUT2D eigenvalue weighted by Gasteiger charge is 2.55. The summed E-state index contributed by atoms with van der Waals surface area (Å²) in [5.74, 6) is -2.27. The number of carbonyl (C=O) groups excluding carboxylic acids is 1. The lowest BCUT2D eigenvalue weighted by Crippen LogP contribution is -2.46. The molecule has 2 heterocycles. The molecule has 0 aromatic carbocycles. The third kappa shape index (κ3) is 2.16. The molecule has 17 heavy (non-hydrogen) atoms. The molecule has 0 aromatic heterocycles. The molecule has 2 saturated heterocycles. The van der Waals surface area contributed by atoms with Crippen molar-refractivity contribution in [2.24, 2.45) is 11.8 Å². The summed E-state index contributed by atoms with van der Waals surface area (Å²) in [5.41, 5.74) is 0. The van der Waals surface area contributed by atoms with E-state index in [4.69, 9.17) is 4.74 Å². The quantitative estimate of drug-likeness (QED) is 0.762. The summed E-state index contributed by atoms with van der Waals surface area (Å²) in [7, 11) is 0. The summed E-state index contributed by atoms with van der Waals surface area (Å²) in [6.45, 7) is 3.90. The second-order valence-corrected chi connectivity index (χ2v) is 5.00. The third-order valence-corrected chi connectivity index (χ3v) is 3.86. The molecule has 2 N–H and O–H groups in total. The van der Waals surface area contributed by atoms with Gasteiger partial charge in [-0.2, -0.15) is 0 Å². The molecular formula is C12H19NO4. The summed E-state index contributed by atoms with van der Waals surface area (Å²) in [5, 5.41) is 12.0. The summed E-state index contributed by atoms with van der Waals surface area (Å²) < 4.78 is 5.55. The van der Waals surface area contributed by atoms with Crippen molar-refractivity contribution in [3.63, 3.8) is 0 Å². The number of hydrogen-bond acceptors (Lipinski definition) is 3. The molecule has 0 unspecified atom stereocenters. The highest BCUT2D eigenvalue weighted by atomic mass is 16.5. The van der Waals surface area contributed by atoms with Crippen molar-refractivity contribution >= 4 is 11.9 Å². The van der Waals surface area contributed by atoms with Crippen molar-refractivity contribution in [1.29, 1.82) is 0 Å². The van der Waals surface area contributed by atoms with E-state index >= 15 is 0 Å². The lowest BCUT2D eigenvalue weighted by Gasteiger charge is -2.25. The standard InChI is InChI=1S/C12H19NO4/c1-3-6(2)13-11(14)9-7-4-5-8(17-7)10(9)12(15)16/h6-10H,3-5H2,1-2H3,(H,13,14)(H,15,16)/t6-,7+,8+,9-,10+/m1/s1. The van der Waals surface area contributed by atoms with E-state index in [1.807, 2.05) is 13.8 Å². The maximum atomic E-state index is 12.1. The highest BCUT2D eigenvalue weighted by molar-refractivity contribution is 5.86. The van der Waals surface area contributed by atoms with Crippen molar-refractivity contribution in [3.8, 4) is 0 Å². The van der Waals surface area contributed by atoms with Gasteiger partial charge in [0, 0.05) is 6.04 Å². The van der Waals surface area contributed by atoms with Crippen LogP contribution < -0.4 is 5.32 Å². The fourth-order valence-corrected chi connectivity index (χ4v) is 2.77. The van der Waals surface area contributed by atoms with Crippen LogP contribution in [0.2, 0.25) is 0 Å². The van der Waals surface area contributed by atoms with E-state index in [0.29, 0.717) is 0 Å². The van der Waals surface area contributed by atoms with E-state index in [1.54, 1.807) is 0 Å². The van der Waals surface area contributed by atoms with Crippen molar-refractivity contribution in [3.05, 3.63) is 0 Å². The fraction of sp³-hybridized carbons (Fsp3) is 0.833. The van der Waals surface area contributed by atoms with Gasteiger partial charge in [0.05, 0.1) is 24.0 Å². The van der Waals surface area contributed by atoms with Gasteiger partial charge in [-0.3, -0.25) is 9.59 Å². The molecule has 0 aromatic rings. The first-order valence-electron chi connectivity index (χ1n) is 6.23. The monoisotopic (exact) mass is 241 g/mol. The number of carbonyl (C=O) groups is 2. The molecular weight excluding hydrogens is 222 g/mol. The van der Waals surface area contributed by atoms with Crippen LogP contribution in [-0.4, -0.2) is 35.2 Å². The Morgan fingerprint density at radius 1 is 1.35 bits per heavy atom. The van der Waals surface area contributed by atoms with Crippen LogP contribution in [0.15, 0.2) is 0 Å². The van der Waals surface area contributed by atoms with Gasteiger partial charge < -0.3 is 15.2 Å². The summed E-state index contributed by atoms with van der Waals surface area (Å²) in [6.07, 6.45) is 1.92. The lowest BCUT2D eigenvalue weighted by atomic mass is 9.78. The first-order chi connectivity index (χ1) is 8.04. The van der Waals surface area contributed by atoms with Crippen LogP contribution in [0.5, 0.6) is 0 Å². The molecule has 96 valence electrons. The maximum absolute atomic E-state index is 12.1. The Labute approximate surface area is 101 Å². The Kier molecular flexibility index (Phi) is 3.38. The molecule has 0 radical (unpaired) electrons. The van der Waals surface area contributed by atoms with Gasteiger partial charge in [-0.1, -0.05) is 6.92 Å². The molecule has 0 aliphatic carbocycles. The van der Waals surface area contributed by atoms with Crippen LogP contribution in [0.3, 0.4) is 0 Å². The van der Waals surface area contributed by atoms with E-state index in [9.17, 15) is 14.7 Å². The van der Waals surface area contributed by atoms with Crippen LogP contribution >= 0.6 is 0 Å². The van der Waals surface area contributed by atoms with Gasteiger partial charge in [0.15, 0.2) is 0 Å². The second kappa shape index (κ2) is 4.64. The molecule has 2 aliphatic rings. The number of fused-ring (bicyclic) bond motifs is 2. The average molecular weight is 241 g/mol. The third-order valence-electron chi connectivity index (χ3n) is 3.86. The topological polar surface area (TPSA) is 75.6 Å². The molecule has 2 bridgehead atoms. The number of hydrogen-bond donors (Lipinski definition) is 2. The van der Waals surface area contributed by atoms with Crippen LogP contribution in [0.4, 0.5) is 0 Å². The predicted molar refractivity (Wildman–Crippen MR) is 60.4 cm³/mol. The van der Waals surface area contributed by atoms with Gasteiger partial charge in [-0.15, -0.1) is 0 Å². The number of rotatable bonds is 4. The van der Waals surface area contributed by atoms with Crippen LogP contribution in [0.25, 0.3) is 0 Å². The zero-order valence-corrected chi connectivity index (χ0v) is 10.2. The van der Waals surface area contributed by atoms with Gasteiger partial charge in [-0.05, 0) is 26.2 Å². The minimum Gasteiger partial charge on any atom is -0.481 e. The Morgan fingerprint density at radius 2 is 1.94 bits per heavy atom. The molecule has 5 nitrogen and oxygen atoms in total. The van der Waals surface area contributed by atoms with E-state index in [1.165, 1.54) is 0 Å². The fourth-order valence-electron chi connectivity index (χ4n) is 2.77. The van der Waals surface area contributed by atoms with Crippen molar-refractivity contribution < 1.29 is 19.4 Å². The van der Waals surface area contributed by atoms with Gasteiger partial charge in [0.2, 0.25) is 5.91 Å². The van der Waals surface area contributed by atoms with Crippen LogP contribution in [0.1, 0.15) is 33.1 Å². The predicted octanol–water partition coefficient (Wildman–Crippen LogP) is 0.779. The summed E-state index contributed by atoms with van der Waals surface area (Å²) >= 11 is 0. The minimum absolute atomic E-state index is 0.0797. The smallest absolute Gasteiger partial charge is 0.310 e. The molecule has 2 rings (SSSR count). The van der Waals surface area contributed by atoms with E-state index < -0.39 is 17.8 Å². The van der Waals surface area contributed by atoms with E-state index in [-0.39, 0.29) is 24.2 Å². The lowest BCUT2D eigenvalue weighted by molar-refractivity contribution is -0.148. The van der Waals surface area contributed by atoms with E-state index in [0.717, 1.165) is 19.3 Å². The molecule has 5 atom stereocenters. The van der Waals surface area contributed by atoms with Gasteiger partial charge in [-0.25, -0.2) is 0 Å². The SMILES string of the molecule is CC[C@@H](C)NC(=O)[C@H]1[C@@H](C(=O)O)[C@@H]2CC[C@@H]1O2. The molecule has 2 fully saturated rings. The van der Waals surface area contributed by atoms with Crippen LogP contribution in [-0.2, 0) is 14.3 Å². The Balaban J connectivity index is 2.08. The Bertz CT molecular complexity index is 330.